The lowest BCUT2D eigenvalue weighted by Gasteiger charge is -2.19. The molecule has 202 valence electrons. The first-order valence-corrected chi connectivity index (χ1v) is 14.1. The van der Waals surface area contributed by atoms with Crippen molar-refractivity contribution in [3.63, 3.8) is 0 Å². The van der Waals surface area contributed by atoms with Crippen LogP contribution in [0.3, 0.4) is 0 Å². The van der Waals surface area contributed by atoms with Crippen LogP contribution in [0.25, 0.3) is 11.2 Å². The van der Waals surface area contributed by atoms with Gasteiger partial charge < -0.3 is 29.0 Å². The molecule has 1 fully saturated rings. The minimum atomic E-state index is -3.72. The second-order valence-corrected chi connectivity index (χ2v) is 11.1. The lowest BCUT2D eigenvalue weighted by atomic mass is 10.1. The number of anilines is 1. The van der Waals surface area contributed by atoms with Crippen molar-refractivity contribution in [1.29, 1.82) is 0 Å². The van der Waals surface area contributed by atoms with E-state index in [2.05, 4.69) is 21.5 Å². The van der Waals surface area contributed by atoms with Crippen LogP contribution in [0.2, 0.25) is 0 Å². The van der Waals surface area contributed by atoms with E-state index in [9.17, 15) is 9.36 Å². The van der Waals surface area contributed by atoms with Crippen LogP contribution in [-0.4, -0.2) is 39.1 Å². The molecule has 12 nitrogen and oxygen atoms in total. The molecule has 1 aromatic carbocycles. The van der Waals surface area contributed by atoms with Gasteiger partial charge >= 0.3 is 7.60 Å². The topological polar surface area (TPSA) is 153 Å². The number of fused-ring (bicyclic) bond motifs is 1. The maximum atomic E-state index is 13.7. The lowest BCUT2D eigenvalue weighted by molar-refractivity contribution is 0.114. The standard InChI is InChI=1S/C25H30N5O7P/c1-17-36-20(22(37-17)19-9-5-6-10-19)14-35-38(32,34-13-18-7-3-2-4-8-18)16-33-12-11-30-15-27-21-23(30)28-25(26)29-24(21)31/h2-4,7-8,15,19H,1,5-6,9-14,16H2,(H3,26,28,29,31). The molecule has 1 aliphatic carbocycles. The number of nitrogens with one attached hydrogen (secondary N) is 1. The van der Waals surface area contributed by atoms with Gasteiger partial charge in [0.2, 0.25) is 5.95 Å². The van der Waals surface area contributed by atoms with Gasteiger partial charge in [-0.05, 0) is 25.0 Å². The summed E-state index contributed by atoms with van der Waals surface area (Å²) in [5, 5.41) is 0. The molecule has 0 radical (unpaired) electrons. The number of aromatic amines is 1. The highest BCUT2D eigenvalue weighted by atomic mass is 31.2. The fourth-order valence-electron chi connectivity index (χ4n) is 4.48. The SMILES string of the molecule is C=C1OC(COP(=O)(COCCn2cnc3c(=O)[nH]c(N)nc32)OCc2ccccc2)=C(C2CCCC2)O1. The quantitative estimate of drug-likeness (QED) is 0.253. The molecular formula is C25H30N5O7P. The van der Waals surface area contributed by atoms with Crippen LogP contribution >= 0.6 is 7.60 Å². The minimum Gasteiger partial charge on any atom is -0.427 e. The van der Waals surface area contributed by atoms with Crippen molar-refractivity contribution < 1.29 is 27.8 Å². The predicted octanol–water partition coefficient (Wildman–Crippen LogP) is 4.02. The smallest absolute Gasteiger partial charge is 0.356 e. The highest BCUT2D eigenvalue weighted by Crippen LogP contribution is 2.50. The molecule has 3 aromatic rings. The summed E-state index contributed by atoms with van der Waals surface area (Å²) in [5.41, 5.74) is 6.58. The summed E-state index contributed by atoms with van der Waals surface area (Å²) in [6.45, 7) is 4.16. The molecule has 1 unspecified atom stereocenters. The zero-order valence-corrected chi connectivity index (χ0v) is 21.7. The van der Waals surface area contributed by atoms with E-state index in [0.29, 0.717) is 23.7 Å². The molecule has 3 heterocycles. The van der Waals surface area contributed by atoms with Crippen molar-refractivity contribution in [3.8, 4) is 0 Å². The maximum absolute atomic E-state index is 13.7. The third-order valence-electron chi connectivity index (χ3n) is 6.34. The van der Waals surface area contributed by atoms with Gasteiger partial charge in [-0.3, -0.25) is 18.9 Å². The van der Waals surface area contributed by atoms with Crippen molar-refractivity contribution in [2.45, 2.75) is 38.8 Å². The number of rotatable bonds is 12. The number of imidazole rings is 1. The molecule has 5 rings (SSSR count). The molecule has 2 aliphatic rings. The minimum absolute atomic E-state index is 0.00977. The van der Waals surface area contributed by atoms with Gasteiger partial charge in [0, 0.05) is 12.5 Å². The molecule has 38 heavy (non-hydrogen) atoms. The third kappa shape index (κ3) is 6.16. The fraction of sp³-hybridized carbons (Fsp3) is 0.400. The number of hydrogen-bond donors (Lipinski definition) is 2. The van der Waals surface area contributed by atoms with Gasteiger partial charge in [0.15, 0.2) is 22.7 Å². The van der Waals surface area contributed by atoms with Gasteiger partial charge in [-0.15, -0.1) is 0 Å². The summed E-state index contributed by atoms with van der Waals surface area (Å²) in [4.78, 5) is 22.6. The lowest BCUT2D eigenvalue weighted by Crippen LogP contribution is -2.14. The van der Waals surface area contributed by atoms with Crippen LogP contribution in [-0.2, 0) is 41.0 Å². The molecule has 13 heteroatoms. The Labute approximate surface area is 218 Å². The second kappa shape index (κ2) is 11.5. The van der Waals surface area contributed by atoms with Gasteiger partial charge in [0.1, 0.15) is 13.0 Å². The normalized spacial score (nSPS) is 17.6. The van der Waals surface area contributed by atoms with Gasteiger partial charge in [-0.1, -0.05) is 43.2 Å². The number of H-pyrrole nitrogens is 1. The number of ether oxygens (including phenoxy) is 3. The maximum Gasteiger partial charge on any atom is 0.356 e. The summed E-state index contributed by atoms with van der Waals surface area (Å²) < 4.78 is 44.0. The molecule has 0 bridgehead atoms. The monoisotopic (exact) mass is 543 g/mol. The average Bonchev–Trinajstić information content (AvgIpc) is 3.65. The molecule has 3 N–H and O–H groups in total. The first-order chi connectivity index (χ1) is 18.4. The summed E-state index contributed by atoms with van der Waals surface area (Å²) in [7, 11) is -3.72. The Morgan fingerprint density at radius 1 is 1.16 bits per heavy atom. The van der Waals surface area contributed by atoms with Crippen LogP contribution in [0.1, 0.15) is 31.2 Å². The Morgan fingerprint density at radius 3 is 2.71 bits per heavy atom. The van der Waals surface area contributed by atoms with E-state index < -0.39 is 13.2 Å². The zero-order valence-electron chi connectivity index (χ0n) is 20.8. The number of nitrogens with zero attached hydrogens (tertiary/aromatic N) is 3. The Kier molecular flexibility index (Phi) is 7.94. The van der Waals surface area contributed by atoms with Crippen LogP contribution in [0.5, 0.6) is 0 Å². The van der Waals surface area contributed by atoms with Crippen LogP contribution in [0.15, 0.2) is 65.5 Å². The van der Waals surface area contributed by atoms with E-state index >= 15 is 0 Å². The van der Waals surface area contributed by atoms with E-state index in [1.807, 2.05) is 30.3 Å². The molecule has 2 aromatic heterocycles. The van der Waals surface area contributed by atoms with Crippen molar-refractivity contribution in [3.05, 3.63) is 76.6 Å². The number of hydrogen-bond acceptors (Lipinski definition) is 10. The van der Waals surface area contributed by atoms with E-state index in [0.717, 1.165) is 31.2 Å². The van der Waals surface area contributed by atoms with Crippen molar-refractivity contribution in [2.24, 2.45) is 5.92 Å². The molecule has 1 atom stereocenters. The van der Waals surface area contributed by atoms with Gasteiger partial charge in [-0.2, -0.15) is 4.98 Å². The number of aromatic nitrogens is 4. The second-order valence-electron chi connectivity index (χ2n) is 9.09. The molecule has 0 saturated heterocycles. The summed E-state index contributed by atoms with van der Waals surface area (Å²) in [5.74, 6) is 1.56. The first kappa shape index (κ1) is 26.2. The Bertz CT molecular complexity index is 1430. The number of nitrogens with two attached hydrogens (primary N) is 1. The highest BCUT2D eigenvalue weighted by Gasteiger charge is 2.34. The third-order valence-corrected chi connectivity index (χ3v) is 7.89. The van der Waals surface area contributed by atoms with Crippen LogP contribution in [0, 0.1) is 5.92 Å². The Hall–Kier alpha value is -3.44. The van der Waals surface area contributed by atoms with Crippen LogP contribution in [0.4, 0.5) is 5.95 Å². The first-order valence-electron chi connectivity index (χ1n) is 12.4. The summed E-state index contributed by atoms with van der Waals surface area (Å²) in [6, 6.07) is 9.37. The number of allylic oxidation sites excluding steroid dienone is 1. The molecule has 0 amide bonds. The molecular weight excluding hydrogens is 513 g/mol. The van der Waals surface area contributed by atoms with Crippen molar-refractivity contribution >= 4 is 24.7 Å². The molecule has 1 aliphatic heterocycles. The van der Waals surface area contributed by atoms with Gasteiger partial charge in [0.05, 0.1) is 19.5 Å². The zero-order chi connectivity index (χ0) is 26.5. The van der Waals surface area contributed by atoms with Crippen LogP contribution < -0.4 is 11.3 Å². The van der Waals surface area contributed by atoms with E-state index in [1.54, 1.807) is 4.57 Å². The average molecular weight is 544 g/mol. The molecule has 1 saturated carbocycles. The summed E-state index contributed by atoms with van der Waals surface area (Å²) in [6.07, 6.45) is 5.41. The molecule has 0 spiro atoms. The number of benzene rings is 1. The van der Waals surface area contributed by atoms with Crippen molar-refractivity contribution in [2.75, 3.05) is 25.3 Å². The summed E-state index contributed by atoms with van der Waals surface area (Å²) >= 11 is 0. The van der Waals surface area contributed by atoms with E-state index in [-0.39, 0.29) is 49.5 Å². The highest BCUT2D eigenvalue weighted by molar-refractivity contribution is 7.53. The fourth-order valence-corrected chi connectivity index (χ4v) is 5.71. The largest absolute Gasteiger partial charge is 0.427 e. The van der Waals surface area contributed by atoms with E-state index in [4.69, 9.17) is 29.0 Å². The van der Waals surface area contributed by atoms with Crippen molar-refractivity contribution in [1.82, 2.24) is 19.5 Å². The van der Waals surface area contributed by atoms with Gasteiger partial charge in [0.25, 0.3) is 11.5 Å². The predicted molar refractivity (Wildman–Crippen MR) is 138 cm³/mol. The Morgan fingerprint density at radius 2 is 1.92 bits per heavy atom. The van der Waals surface area contributed by atoms with Gasteiger partial charge in [-0.25, -0.2) is 4.98 Å². The number of nitrogen functional groups attached to an aromatic ring is 1. The van der Waals surface area contributed by atoms with E-state index in [1.165, 1.54) is 6.33 Å². The Balaban J connectivity index is 1.24.